The lowest BCUT2D eigenvalue weighted by molar-refractivity contribution is -0.150. The van der Waals surface area contributed by atoms with E-state index < -0.39 is 0 Å². The van der Waals surface area contributed by atoms with E-state index in [1.54, 1.807) is 4.90 Å². The molecule has 1 saturated carbocycles. The maximum absolute atomic E-state index is 12.5. The molecule has 0 radical (unpaired) electrons. The Hall–Kier alpha value is -0.710. The SMILES string of the molecule is COC(=O)CN(C(=O)C1CCSC1)C1CCCC1. The molecule has 18 heavy (non-hydrogen) atoms. The number of hydrogen-bond donors (Lipinski definition) is 0. The van der Waals surface area contributed by atoms with E-state index in [1.165, 1.54) is 7.11 Å². The van der Waals surface area contributed by atoms with Crippen LogP contribution in [0.5, 0.6) is 0 Å². The average molecular weight is 271 g/mol. The Morgan fingerprint density at radius 3 is 2.56 bits per heavy atom. The monoisotopic (exact) mass is 271 g/mol. The van der Waals surface area contributed by atoms with Gasteiger partial charge in [0.25, 0.3) is 0 Å². The first kappa shape index (κ1) is 13.7. The highest BCUT2D eigenvalue weighted by Crippen LogP contribution is 2.29. The predicted molar refractivity (Wildman–Crippen MR) is 71.4 cm³/mol. The molecule has 2 fully saturated rings. The molecule has 2 aliphatic rings. The minimum absolute atomic E-state index is 0.111. The normalized spacial score (nSPS) is 24.2. The van der Waals surface area contributed by atoms with E-state index in [9.17, 15) is 9.59 Å². The molecule has 1 unspecified atom stereocenters. The number of carbonyl (C=O) groups excluding carboxylic acids is 2. The molecule has 0 aromatic rings. The summed E-state index contributed by atoms with van der Waals surface area (Å²) in [5, 5.41) is 0. The van der Waals surface area contributed by atoms with E-state index in [-0.39, 0.29) is 30.4 Å². The van der Waals surface area contributed by atoms with Gasteiger partial charge in [0, 0.05) is 17.7 Å². The Morgan fingerprint density at radius 2 is 2.00 bits per heavy atom. The minimum atomic E-state index is -0.305. The summed E-state index contributed by atoms with van der Waals surface area (Å²) >= 11 is 1.83. The largest absolute Gasteiger partial charge is 0.468 e. The van der Waals surface area contributed by atoms with Crippen molar-refractivity contribution >= 4 is 23.6 Å². The Bertz CT molecular complexity index is 309. The van der Waals surface area contributed by atoms with E-state index >= 15 is 0 Å². The summed E-state index contributed by atoms with van der Waals surface area (Å²) in [4.78, 5) is 25.8. The molecule has 5 heteroatoms. The van der Waals surface area contributed by atoms with Crippen molar-refractivity contribution in [1.29, 1.82) is 0 Å². The molecule has 1 saturated heterocycles. The van der Waals surface area contributed by atoms with Gasteiger partial charge in [0.15, 0.2) is 0 Å². The quantitative estimate of drug-likeness (QED) is 0.730. The maximum Gasteiger partial charge on any atom is 0.325 e. The van der Waals surface area contributed by atoms with Gasteiger partial charge in [-0.15, -0.1) is 0 Å². The lowest BCUT2D eigenvalue weighted by Crippen LogP contribution is -2.45. The molecule has 0 aromatic carbocycles. The molecule has 1 aliphatic heterocycles. The molecular formula is C13H21NO3S. The highest BCUT2D eigenvalue weighted by Gasteiger charge is 2.34. The zero-order valence-electron chi connectivity index (χ0n) is 10.9. The van der Waals surface area contributed by atoms with E-state index in [2.05, 4.69) is 0 Å². The molecule has 1 aliphatic carbocycles. The molecule has 0 bridgehead atoms. The number of carbonyl (C=O) groups is 2. The predicted octanol–water partition coefficient (Wildman–Crippen LogP) is 1.68. The summed E-state index contributed by atoms with van der Waals surface area (Å²) in [6.45, 7) is 0.126. The molecule has 0 spiro atoms. The number of rotatable bonds is 4. The van der Waals surface area contributed by atoms with Crippen LogP contribution in [0.4, 0.5) is 0 Å². The number of thioether (sulfide) groups is 1. The van der Waals surface area contributed by atoms with Crippen molar-refractivity contribution in [3.8, 4) is 0 Å². The van der Waals surface area contributed by atoms with Gasteiger partial charge in [-0.1, -0.05) is 12.8 Å². The van der Waals surface area contributed by atoms with Gasteiger partial charge in [0.2, 0.25) is 5.91 Å². The van der Waals surface area contributed by atoms with Crippen LogP contribution in [-0.4, -0.2) is 48.0 Å². The second kappa shape index (κ2) is 6.45. The lowest BCUT2D eigenvalue weighted by atomic mass is 10.1. The van der Waals surface area contributed by atoms with Crippen LogP contribution >= 0.6 is 11.8 Å². The third kappa shape index (κ3) is 3.19. The average Bonchev–Trinajstić information content (AvgIpc) is 3.06. The highest BCUT2D eigenvalue weighted by molar-refractivity contribution is 7.99. The van der Waals surface area contributed by atoms with Crippen molar-refractivity contribution in [1.82, 2.24) is 4.90 Å². The van der Waals surface area contributed by atoms with Crippen molar-refractivity contribution in [2.24, 2.45) is 5.92 Å². The van der Waals surface area contributed by atoms with Crippen LogP contribution in [0.2, 0.25) is 0 Å². The molecule has 0 N–H and O–H groups in total. The van der Waals surface area contributed by atoms with Crippen LogP contribution in [0.3, 0.4) is 0 Å². The molecule has 1 amide bonds. The first-order valence-corrected chi connectivity index (χ1v) is 7.83. The number of nitrogens with zero attached hydrogens (tertiary/aromatic N) is 1. The summed E-state index contributed by atoms with van der Waals surface area (Å²) in [6.07, 6.45) is 5.34. The van der Waals surface area contributed by atoms with Gasteiger partial charge in [0.1, 0.15) is 6.54 Å². The van der Waals surface area contributed by atoms with Crippen LogP contribution in [0.1, 0.15) is 32.1 Å². The van der Waals surface area contributed by atoms with Crippen molar-refractivity contribution < 1.29 is 14.3 Å². The van der Waals surface area contributed by atoms with Crippen molar-refractivity contribution in [3.05, 3.63) is 0 Å². The van der Waals surface area contributed by atoms with Gasteiger partial charge >= 0.3 is 5.97 Å². The van der Waals surface area contributed by atoms with Gasteiger partial charge in [-0.3, -0.25) is 9.59 Å². The van der Waals surface area contributed by atoms with Gasteiger partial charge in [0.05, 0.1) is 7.11 Å². The minimum Gasteiger partial charge on any atom is -0.468 e. The summed E-state index contributed by atoms with van der Waals surface area (Å²) in [7, 11) is 1.38. The Labute approximate surface area is 112 Å². The fourth-order valence-electron chi connectivity index (χ4n) is 2.77. The second-order valence-corrected chi connectivity index (χ2v) is 6.19. The standard InChI is InChI=1S/C13H21NO3S/c1-17-12(15)8-14(11-4-2-3-5-11)13(16)10-6-7-18-9-10/h10-11H,2-9H2,1H3. The Kier molecular flexibility index (Phi) is 4.92. The van der Waals surface area contributed by atoms with Crippen LogP contribution < -0.4 is 0 Å². The highest BCUT2D eigenvalue weighted by atomic mass is 32.2. The smallest absolute Gasteiger partial charge is 0.325 e. The number of amides is 1. The van der Waals surface area contributed by atoms with E-state index in [4.69, 9.17) is 4.74 Å². The molecule has 1 atom stereocenters. The maximum atomic E-state index is 12.5. The van der Waals surface area contributed by atoms with E-state index in [1.807, 2.05) is 11.8 Å². The second-order valence-electron chi connectivity index (χ2n) is 5.04. The van der Waals surface area contributed by atoms with Crippen LogP contribution in [0.15, 0.2) is 0 Å². The zero-order chi connectivity index (χ0) is 13.0. The van der Waals surface area contributed by atoms with Crippen LogP contribution in [-0.2, 0) is 14.3 Å². The fourth-order valence-corrected chi connectivity index (χ4v) is 3.98. The van der Waals surface area contributed by atoms with Crippen LogP contribution in [0, 0.1) is 5.92 Å². The molecule has 102 valence electrons. The van der Waals surface area contributed by atoms with Crippen molar-refractivity contribution in [2.75, 3.05) is 25.2 Å². The van der Waals surface area contributed by atoms with E-state index in [0.717, 1.165) is 43.6 Å². The molecule has 1 heterocycles. The summed E-state index contributed by atoms with van der Waals surface area (Å²) in [6, 6.07) is 0.252. The molecule has 2 rings (SSSR count). The lowest BCUT2D eigenvalue weighted by Gasteiger charge is -2.30. The first-order chi connectivity index (χ1) is 8.72. The Balaban J connectivity index is 2.02. The van der Waals surface area contributed by atoms with Gasteiger partial charge in [-0.2, -0.15) is 11.8 Å². The van der Waals surface area contributed by atoms with Crippen molar-refractivity contribution in [3.63, 3.8) is 0 Å². The summed E-state index contributed by atoms with van der Waals surface area (Å²) in [5.74, 6) is 1.94. The first-order valence-electron chi connectivity index (χ1n) is 6.67. The number of hydrogen-bond acceptors (Lipinski definition) is 4. The molecule has 4 nitrogen and oxygen atoms in total. The van der Waals surface area contributed by atoms with Gasteiger partial charge in [-0.25, -0.2) is 0 Å². The Morgan fingerprint density at radius 1 is 1.28 bits per heavy atom. The number of ether oxygens (including phenoxy) is 1. The zero-order valence-corrected chi connectivity index (χ0v) is 11.7. The fraction of sp³-hybridized carbons (Fsp3) is 0.846. The summed E-state index contributed by atoms with van der Waals surface area (Å²) < 4.78 is 4.72. The third-order valence-electron chi connectivity index (χ3n) is 3.85. The van der Waals surface area contributed by atoms with E-state index in [0.29, 0.717) is 0 Å². The molecule has 0 aromatic heterocycles. The van der Waals surface area contributed by atoms with Gasteiger partial charge < -0.3 is 9.64 Å². The summed E-state index contributed by atoms with van der Waals surface area (Å²) in [5.41, 5.74) is 0. The topological polar surface area (TPSA) is 46.6 Å². The van der Waals surface area contributed by atoms with Crippen LogP contribution in [0.25, 0.3) is 0 Å². The van der Waals surface area contributed by atoms with Gasteiger partial charge in [-0.05, 0) is 25.0 Å². The number of methoxy groups -OCH3 is 1. The van der Waals surface area contributed by atoms with Crippen molar-refractivity contribution in [2.45, 2.75) is 38.1 Å². The molecular weight excluding hydrogens is 250 g/mol. The third-order valence-corrected chi connectivity index (χ3v) is 5.02. The number of esters is 1.